The van der Waals surface area contributed by atoms with Crippen LogP contribution >= 0.6 is 0 Å². The largest absolute Gasteiger partial charge is 0.463 e. The number of hydrogen-bond donors (Lipinski definition) is 2. The zero-order valence-electron chi connectivity index (χ0n) is 11.2. The van der Waals surface area contributed by atoms with Crippen molar-refractivity contribution in [2.24, 2.45) is 0 Å². The highest BCUT2D eigenvalue weighted by Gasteiger charge is 2.09. The maximum atomic E-state index is 11.3. The van der Waals surface area contributed by atoms with Gasteiger partial charge in [-0.3, -0.25) is 9.82 Å². The molecule has 7 heteroatoms. The molecule has 3 aromatic rings. The van der Waals surface area contributed by atoms with Gasteiger partial charge in [0.15, 0.2) is 5.76 Å². The number of furan rings is 1. The summed E-state index contributed by atoms with van der Waals surface area (Å²) in [5, 5.41) is 7.11. The lowest BCUT2D eigenvalue weighted by Gasteiger charge is -2.04. The molecule has 2 heterocycles. The van der Waals surface area contributed by atoms with Gasteiger partial charge >= 0.3 is 0 Å². The molecular weight excluding hydrogens is 290 g/mol. The van der Waals surface area contributed by atoms with Gasteiger partial charge in [-0.05, 0) is 30.3 Å². The first kappa shape index (κ1) is 13.4. The number of hydrogen-bond acceptors (Lipinski definition) is 4. The Labute approximate surface area is 121 Å². The molecule has 6 nitrogen and oxygen atoms in total. The molecule has 0 fully saturated rings. The number of rotatable bonds is 4. The summed E-state index contributed by atoms with van der Waals surface area (Å²) in [6.45, 7) is 0. The Bertz CT molecular complexity index is 851. The normalized spacial score (nSPS) is 11.5. The summed E-state index contributed by atoms with van der Waals surface area (Å²) in [4.78, 5) is 0. The van der Waals surface area contributed by atoms with Crippen molar-refractivity contribution in [3.8, 4) is 22.7 Å². The highest BCUT2D eigenvalue weighted by Crippen LogP contribution is 2.25. The van der Waals surface area contributed by atoms with E-state index in [9.17, 15) is 8.42 Å². The van der Waals surface area contributed by atoms with Crippen LogP contribution < -0.4 is 4.72 Å². The first-order chi connectivity index (χ1) is 10.0. The Hall–Kier alpha value is -2.54. The minimum Gasteiger partial charge on any atom is -0.463 e. The fourth-order valence-corrected chi connectivity index (χ4v) is 2.54. The van der Waals surface area contributed by atoms with E-state index < -0.39 is 10.0 Å². The number of benzene rings is 1. The van der Waals surface area contributed by atoms with Gasteiger partial charge in [0.05, 0.1) is 18.2 Å². The summed E-state index contributed by atoms with van der Waals surface area (Å²) in [5.74, 6) is 0.694. The van der Waals surface area contributed by atoms with Crippen LogP contribution in [0.25, 0.3) is 22.7 Å². The van der Waals surface area contributed by atoms with Crippen LogP contribution in [0.3, 0.4) is 0 Å². The summed E-state index contributed by atoms with van der Waals surface area (Å²) in [6.07, 6.45) is 2.70. The van der Waals surface area contributed by atoms with E-state index in [1.807, 2.05) is 18.2 Å². The Kier molecular flexibility index (Phi) is 3.26. The molecule has 0 aliphatic rings. The lowest BCUT2D eigenvalue weighted by Crippen LogP contribution is -2.09. The molecule has 108 valence electrons. The van der Waals surface area contributed by atoms with Crippen molar-refractivity contribution in [3.05, 3.63) is 48.7 Å². The van der Waals surface area contributed by atoms with Gasteiger partial charge in [0, 0.05) is 11.3 Å². The number of nitrogens with zero attached hydrogens (tertiary/aromatic N) is 1. The molecule has 0 atom stereocenters. The fraction of sp³-hybridized carbons (Fsp3) is 0.0714. The van der Waals surface area contributed by atoms with Crippen LogP contribution in [0.4, 0.5) is 5.69 Å². The van der Waals surface area contributed by atoms with Gasteiger partial charge in [-0.25, -0.2) is 8.42 Å². The minimum absolute atomic E-state index is 0.498. The molecule has 0 spiro atoms. The first-order valence-corrected chi connectivity index (χ1v) is 8.08. The van der Waals surface area contributed by atoms with E-state index >= 15 is 0 Å². The molecule has 0 radical (unpaired) electrons. The van der Waals surface area contributed by atoms with Gasteiger partial charge in [-0.15, -0.1) is 0 Å². The van der Waals surface area contributed by atoms with Gasteiger partial charge in [0.25, 0.3) is 0 Å². The molecule has 1 aromatic carbocycles. The van der Waals surface area contributed by atoms with E-state index in [1.165, 1.54) is 0 Å². The maximum absolute atomic E-state index is 11.3. The molecule has 3 rings (SSSR count). The second kappa shape index (κ2) is 5.10. The second-order valence-electron chi connectivity index (χ2n) is 4.60. The second-order valence-corrected chi connectivity index (χ2v) is 6.35. The SMILES string of the molecule is CS(=O)(=O)Nc1cccc(-c2cc(-c3ccco3)[nH]n2)c1. The van der Waals surface area contributed by atoms with Crippen molar-refractivity contribution >= 4 is 15.7 Å². The minimum atomic E-state index is -3.30. The molecule has 0 bridgehead atoms. The van der Waals surface area contributed by atoms with E-state index in [4.69, 9.17) is 4.42 Å². The molecule has 0 saturated carbocycles. The van der Waals surface area contributed by atoms with Gasteiger partial charge in [0.1, 0.15) is 5.69 Å². The third kappa shape index (κ3) is 3.14. The summed E-state index contributed by atoms with van der Waals surface area (Å²) >= 11 is 0. The van der Waals surface area contributed by atoms with Crippen LogP contribution in [-0.2, 0) is 10.0 Å². The highest BCUT2D eigenvalue weighted by atomic mass is 32.2. The van der Waals surface area contributed by atoms with Crippen LogP contribution in [0.1, 0.15) is 0 Å². The maximum Gasteiger partial charge on any atom is 0.229 e. The zero-order valence-corrected chi connectivity index (χ0v) is 12.0. The van der Waals surface area contributed by atoms with E-state index in [0.717, 1.165) is 17.5 Å². The molecule has 21 heavy (non-hydrogen) atoms. The summed E-state index contributed by atoms with van der Waals surface area (Å²) in [7, 11) is -3.30. The Morgan fingerprint density at radius 3 is 2.76 bits per heavy atom. The summed E-state index contributed by atoms with van der Waals surface area (Å²) in [6, 6.07) is 12.5. The van der Waals surface area contributed by atoms with Crippen molar-refractivity contribution in [2.45, 2.75) is 0 Å². The predicted molar refractivity (Wildman–Crippen MR) is 80.2 cm³/mol. The third-order valence-corrected chi connectivity index (χ3v) is 3.43. The van der Waals surface area contributed by atoms with Gasteiger partial charge in [0.2, 0.25) is 10.0 Å². The van der Waals surface area contributed by atoms with Crippen LogP contribution in [0, 0.1) is 0 Å². The lowest BCUT2D eigenvalue weighted by atomic mass is 10.1. The molecule has 0 unspecified atom stereocenters. The van der Waals surface area contributed by atoms with Crippen molar-refractivity contribution in [2.75, 3.05) is 11.0 Å². The monoisotopic (exact) mass is 303 g/mol. The van der Waals surface area contributed by atoms with Crippen molar-refractivity contribution in [3.63, 3.8) is 0 Å². The van der Waals surface area contributed by atoms with Gasteiger partial charge in [-0.1, -0.05) is 12.1 Å². The Morgan fingerprint density at radius 1 is 1.19 bits per heavy atom. The van der Waals surface area contributed by atoms with E-state index in [1.54, 1.807) is 30.5 Å². The highest BCUT2D eigenvalue weighted by molar-refractivity contribution is 7.92. The molecule has 2 aromatic heterocycles. The van der Waals surface area contributed by atoms with Crippen LogP contribution in [0.2, 0.25) is 0 Å². The first-order valence-electron chi connectivity index (χ1n) is 6.19. The smallest absolute Gasteiger partial charge is 0.229 e. The topological polar surface area (TPSA) is 88.0 Å². The quantitative estimate of drug-likeness (QED) is 0.775. The van der Waals surface area contributed by atoms with Crippen molar-refractivity contribution in [1.82, 2.24) is 10.2 Å². The van der Waals surface area contributed by atoms with Crippen molar-refractivity contribution < 1.29 is 12.8 Å². The molecule has 0 aliphatic carbocycles. The van der Waals surface area contributed by atoms with Crippen molar-refractivity contribution in [1.29, 1.82) is 0 Å². The number of H-pyrrole nitrogens is 1. The van der Waals surface area contributed by atoms with E-state index in [2.05, 4.69) is 14.9 Å². The Balaban J connectivity index is 1.92. The molecule has 2 N–H and O–H groups in total. The van der Waals surface area contributed by atoms with Crippen LogP contribution in [-0.4, -0.2) is 24.9 Å². The number of aromatic amines is 1. The average Bonchev–Trinajstić information content (AvgIpc) is 3.08. The number of anilines is 1. The summed E-state index contributed by atoms with van der Waals surface area (Å²) in [5.41, 5.74) is 2.77. The fourth-order valence-electron chi connectivity index (χ4n) is 1.98. The molecule has 0 saturated heterocycles. The standard InChI is InChI=1S/C14H13N3O3S/c1-21(18,19)17-11-5-2-4-10(8-11)12-9-13(16-15-12)14-6-3-7-20-14/h2-9,17H,1H3,(H,15,16). The summed E-state index contributed by atoms with van der Waals surface area (Å²) < 4.78 is 30.3. The zero-order chi connectivity index (χ0) is 14.9. The van der Waals surface area contributed by atoms with E-state index in [0.29, 0.717) is 17.1 Å². The van der Waals surface area contributed by atoms with Crippen LogP contribution in [0.15, 0.2) is 53.1 Å². The molecule has 0 aliphatic heterocycles. The number of aromatic nitrogens is 2. The lowest BCUT2D eigenvalue weighted by molar-refractivity contribution is 0.580. The van der Waals surface area contributed by atoms with Gasteiger partial charge in [-0.2, -0.15) is 5.10 Å². The van der Waals surface area contributed by atoms with Gasteiger partial charge < -0.3 is 4.42 Å². The average molecular weight is 303 g/mol. The Morgan fingerprint density at radius 2 is 2.05 bits per heavy atom. The third-order valence-electron chi connectivity index (χ3n) is 2.83. The number of nitrogens with one attached hydrogen (secondary N) is 2. The van der Waals surface area contributed by atoms with Crippen LogP contribution in [0.5, 0.6) is 0 Å². The van der Waals surface area contributed by atoms with E-state index in [-0.39, 0.29) is 0 Å². The molecular formula is C14H13N3O3S. The predicted octanol–water partition coefficient (Wildman–Crippen LogP) is 2.71. The molecule has 0 amide bonds. The number of sulfonamides is 1.